The molecule has 0 radical (unpaired) electrons. The molecule has 128 valence electrons. The first-order valence-electron chi connectivity index (χ1n) is 7.58. The van der Waals surface area contributed by atoms with Gasteiger partial charge < -0.3 is 0 Å². The zero-order valence-corrected chi connectivity index (χ0v) is 13.9. The average Bonchev–Trinajstić information content (AvgIpc) is 2.64. The van der Waals surface area contributed by atoms with Crippen molar-refractivity contribution in [3.8, 4) is 0 Å². The smallest absolute Gasteiger partial charge is 0.282 e. The number of hydrogen-bond donors (Lipinski definition) is 1. The van der Waals surface area contributed by atoms with Crippen molar-refractivity contribution in [2.24, 2.45) is 0 Å². The highest BCUT2D eigenvalue weighted by Crippen LogP contribution is 2.33. The molecule has 0 saturated carbocycles. The molecular weight excluding hydrogens is 358 g/mol. The van der Waals surface area contributed by atoms with Gasteiger partial charge in [-0.1, -0.05) is 35.9 Å². The Balaban J connectivity index is 1.82. The number of nitrogens with one attached hydrogen (secondary N) is 1. The second kappa shape index (κ2) is 5.82. The summed E-state index contributed by atoms with van der Waals surface area (Å²) in [6, 6.07) is 14.2. The zero-order chi connectivity index (χ0) is 18.4. The van der Waals surface area contributed by atoms with E-state index < -0.39 is 16.7 Å². The lowest BCUT2D eigenvalue weighted by molar-refractivity contribution is -0.384. The van der Waals surface area contributed by atoms with Crippen LogP contribution in [0.15, 0.2) is 54.6 Å². The van der Waals surface area contributed by atoms with Crippen LogP contribution < -0.4 is 5.43 Å². The highest BCUT2D eigenvalue weighted by molar-refractivity contribution is 6.31. The Morgan fingerprint density at radius 3 is 2.15 bits per heavy atom. The van der Waals surface area contributed by atoms with E-state index in [-0.39, 0.29) is 16.4 Å². The molecule has 8 heteroatoms. The fraction of sp³-hybridized carbons (Fsp3) is 0. The van der Waals surface area contributed by atoms with Gasteiger partial charge in [0.05, 0.1) is 16.1 Å². The van der Waals surface area contributed by atoms with Crippen LogP contribution in [-0.4, -0.2) is 21.7 Å². The molecule has 2 amide bonds. The predicted octanol–water partition coefficient (Wildman–Crippen LogP) is 4.02. The molecule has 0 fully saturated rings. The van der Waals surface area contributed by atoms with Crippen molar-refractivity contribution in [2.75, 3.05) is 5.43 Å². The van der Waals surface area contributed by atoms with Crippen LogP contribution >= 0.6 is 11.6 Å². The summed E-state index contributed by atoms with van der Waals surface area (Å²) in [5.41, 5.74) is 2.93. The third kappa shape index (κ3) is 2.37. The maximum atomic E-state index is 12.8. The van der Waals surface area contributed by atoms with Crippen LogP contribution in [0.5, 0.6) is 0 Å². The molecule has 0 saturated heterocycles. The van der Waals surface area contributed by atoms with Crippen molar-refractivity contribution in [1.82, 2.24) is 5.01 Å². The first kappa shape index (κ1) is 16.0. The number of nitro groups is 1. The van der Waals surface area contributed by atoms with Crippen molar-refractivity contribution in [3.63, 3.8) is 0 Å². The van der Waals surface area contributed by atoms with Gasteiger partial charge >= 0.3 is 0 Å². The van der Waals surface area contributed by atoms with Gasteiger partial charge in [0.1, 0.15) is 5.69 Å². The minimum atomic E-state index is -0.637. The number of benzene rings is 3. The van der Waals surface area contributed by atoms with Crippen LogP contribution in [0.2, 0.25) is 5.02 Å². The zero-order valence-electron chi connectivity index (χ0n) is 13.1. The maximum Gasteiger partial charge on any atom is 0.295 e. The molecule has 7 nitrogen and oxygen atoms in total. The number of carbonyl (C=O) groups excluding carboxylic acids is 2. The number of nitro benzene ring substituents is 1. The molecule has 0 aromatic heterocycles. The normalized spacial score (nSPS) is 13.2. The summed E-state index contributed by atoms with van der Waals surface area (Å²) < 4.78 is 0. The number of halogens is 1. The Morgan fingerprint density at radius 1 is 0.962 bits per heavy atom. The summed E-state index contributed by atoms with van der Waals surface area (Å²) in [6.45, 7) is 0. The molecule has 1 aliphatic heterocycles. The van der Waals surface area contributed by atoms with Crippen molar-refractivity contribution >= 4 is 45.6 Å². The number of carbonyl (C=O) groups is 2. The minimum Gasteiger partial charge on any atom is -0.282 e. The van der Waals surface area contributed by atoms with E-state index >= 15 is 0 Å². The van der Waals surface area contributed by atoms with Crippen molar-refractivity contribution < 1.29 is 14.5 Å². The molecule has 1 heterocycles. The SMILES string of the molecule is O=C1c2cccc3cccc(c23)C(=O)N1Nc1ccc(Cl)cc1[N+](=O)[O-]. The molecule has 0 spiro atoms. The van der Waals surface area contributed by atoms with Gasteiger partial charge in [0.15, 0.2) is 0 Å². The van der Waals surface area contributed by atoms with Crippen LogP contribution in [0.4, 0.5) is 11.4 Å². The average molecular weight is 368 g/mol. The monoisotopic (exact) mass is 367 g/mol. The van der Waals surface area contributed by atoms with E-state index in [9.17, 15) is 19.7 Å². The fourth-order valence-electron chi connectivity index (χ4n) is 3.00. The van der Waals surface area contributed by atoms with Crippen molar-refractivity contribution in [3.05, 3.63) is 80.9 Å². The summed E-state index contributed by atoms with van der Waals surface area (Å²) in [4.78, 5) is 36.2. The first-order valence-corrected chi connectivity index (χ1v) is 7.96. The Labute approximate surface area is 151 Å². The second-order valence-electron chi connectivity index (χ2n) is 5.69. The molecule has 3 aromatic rings. The molecule has 4 rings (SSSR count). The Hall–Kier alpha value is -3.45. The summed E-state index contributed by atoms with van der Waals surface area (Å²) in [5, 5.41) is 13.6. The van der Waals surface area contributed by atoms with Gasteiger partial charge in [-0.3, -0.25) is 25.1 Å². The number of rotatable bonds is 3. The van der Waals surface area contributed by atoms with Gasteiger partial charge in [-0.05, 0) is 29.7 Å². The number of anilines is 1. The highest BCUT2D eigenvalue weighted by atomic mass is 35.5. The second-order valence-corrected chi connectivity index (χ2v) is 6.12. The van der Waals surface area contributed by atoms with Crippen LogP contribution in [0.3, 0.4) is 0 Å². The number of hydrazine groups is 1. The van der Waals surface area contributed by atoms with Gasteiger partial charge in [-0.2, -0.15) is 5.01 Å². The van der Waals surface area contributed by atoms with Crippen LogP contribution in [0, 0.1) is 10.1 Å². The van der Waals surface area contributed by atoms with Crippen LogP contribution in [0.25, 0.3) is 10.8 Å². The summed E-state index contributed by atoms with van der Waals surface area (Å²) >= 11 is 5.80. The van der Waals surface area contributed by atoms with E-state index in [1.54, 1.807) is 24.3 Å². The molecule has 1 N–H and O–H groups in total. The van der Waals surface area contributed by atoms with E-state index in [1.165, 1.54) is 12.1 Å². The van der Waals surface area contributed by atoms with Crippen molar-refractivity contribution in [1.29, 1.82) is 0 Å². The van der Waals surface area contributed by atoms with E-state index in [1.807, 2.05) is 12.1 Å². The number of hydrogen-bond acceptors (Lipinski definition) is 5. The van der Waals surface area contributed by atoms with Gasteiger partial charge in [-0.15, -0.1) is 0 Å². The van der Waals surface area contributed by atoms with Crippen LogP contribution in [-0.2, 0) is 0 Å². The minimum absolute atomic E-state index is 0.00680. The van der Waals surface area contributed by atoms with Crippen molar-refractivity contribution in [2.45, 2.75) is 0 Å². The van der Waals surface area contributed by atoms with E-state index in [0.29, 0.717) is 16.5 Å². The molecule has 3 aromatic carbocycles. The molecule has 0 atom stereocenters. The lowest BCUT2D eigenvalue weighted by Crippen LogP contribution is -2.44. The van der Waals surface area contributed by atoms with Crippen LogP contribution in [0.1, 0.15) is 20.7 Å². The quantitative estimate of drug-likeness (QED) is 0.428. The van der Waals surface area contributed by atoms with Gasteiger partial charge in [0, 0.05) is 16.5 Å². The molecular formula is C18H10ClN3O4. The first-order chi connectivity index (χ1) is 12.5. The lowest BCUT2D eigenvalue weighted by Gasteiger charge is -2.27. The van der Waals surface area contributed by atoms with Gasteiger partial charge in [-0.25, -0.2) is 0 Å². The highest BCUT2D eigenvalue weighted by Gasteiger charge is 2.34. The molecule has 1 aliphatic rings. The number of amides is 2. The Kier molecular flexibility index (Phi) is 3.59. The maximum absolute atomic E-state index is 12.8. The Bertz CT molecular complexity index is 1060. The largest absolute Gasteiger partial charge is 0.295 e. The molecule has 0 bridgehead atoms. The van der Waals surface area contributed by atoms with E-state index in [0.717, 1.165) is 16.5 Å². The summed E-state index contributed by atoms with van der Waals surface area (Å²) in [5.74, 6) is -1.16. The predicted molar refractivity (Wildman–Crippen MR) is 96.2 cm³/mol. The lowest BCUT2D eigenvalue weighted by atomic mass is 9.95. The van der Waals surface area contributed by atoms with E-state index in [2.05, 4.69) is 5.43 Å². The number of nitrogens with zero attached hydrogens (tertiary/aromatic N) is 2. The van der Waals surface area contributed by atoms with Gasteiger partial charge in [0.25, 0.3) is 17.5 Å². The third-order valence-electron chi connectivity index (χ3n) is 4.16. The number of imide groups is 1. The topological polar surface area (TPSA) is 92.6 Å². The molecule has 26 heavy (non-hydrogen) atoms. The standard InChI is InChI=1S/C18H10ClN3O4/c19-11-7-8-14(15(9-11)22(25)26)20-21-17(23)12-5-1-3-10-4-2-6-13(16(10)12)18(21)24/h1-9,20H. The Morgan fingerprint density at radius 2 is 1.58 bits per heavy atom. The fourth-order valence-corrected chi connectivity index (χ4v) is 3.17. The molecule has 0 unspecified atom stereocenters. The van der Waals surface area contributed by atoms with Gasteiger partial charge in [0.2, 0.25) is 0 Å². The third-order valence-corrected chi connectivity index (χ3v) is 4.40. The summed E-state index contributed by atoms with van der Waals surface area (Å²) in [7, 11) is 0. The van der Waals surface area contributed by atoms with E-state index in [4.69, 9.17) is 11.6 Å². The molecule has 0 aliphatic carbocycles. The summed E-state index contributed by atoms with van der Waals surface area (Å²) in [6.07, 6.45) is 0.